The average Bonchev–Trinajstić information content (AvgIpc) is 2.54. The van der Waals surface area contributed by atoms with Gasteiger partial charge in [0.05, 0.1) is 24.5 Å². The topological polar surface area (TPSA) is 110 Å². The normalized spacial score (nSPS) is 9.36. The number of nitrogens with one attached hydrogen (secondary N) is 2. The summed E-state index contributed by atoms with van der Waals surface area (Å²) in [6, 6.07) is 7.73. The van der Waals surface area contributed by atoms with E-state index in [0.717, 1.165) is 23.2 Å². The van der Waals surface area contributed by atoms with Gasteiger partial charge in [-0.25, -0.2) is 10.8 Å². The fraction of sp³-hybridized carbons (Fsp3) is 0.250. The fourth-order valence-electron chi connectivity index (χ4n) is 2.19. The van der Waals surface area contributed by atoms with E-state index in [4.69, 9.17) is 5.84 Å². The van der Waals surface area contributed by atoms with Crippen molar-refractivity contribution in [2.75, 3.05) is 5.32 Å². The molecule has 2 amide bonds. The van der Waals surface area contributed by atoms with Crippen molar-refractivity contribution in [3.05, 3.63) is 53.5 Å². The highest BCUT2D eigenvalue weighted by atomic mass is 35.5. The number of rotatable bonds is 6. The maximum Gasteiger partial charge on any atom is 0.238 e. The molecule has 25 heavy (non-hydrogen) atoms. The van der Waals surface area contributed by atoms with E-state index in [1.165, 1.54) is 13.1 Å². The molecule has 136 valence electrons. The largest absolute Gasteiger partial charge is 0.310 e. The predicted molar refractivity (Wildman–Crippen MR) is 101 cm³/mol. The summed E-state index contributed by atoms with van der Waals surface area (Å²) in [7, 11) is 0. The summed E-state index contributed by atoms with van der Waals surface area (Å²) in [6.07, 6.45) is 4.85. The lowest BCUT2D eigenvalue weighted by atomic mass is 9.99. The summed E-state index contributed by atoms with van der Waals surface area (Å²) < 4.78 is 0. The second-order valence-corrected chi connectivity index (χ2v) is 5.09. The molecule has 0 unspecified atom stereocenters. The Morgan fingerprint density at radius 3 is 2.28 bits per heavy atom. The third kappa shape index (κ3) is 7.47. The first-order valence-corrected chi connectivity index (χ1v) is 7.23. The van der Waals surface area contributed by atoms with E-state index in [9.17, 15) is 9.59 Å². The second kappa shape index (κ2) is 11.4. The number of anilines is 1. The molecule has 9 heteroatoms. The number of hydrazine groups is 1. The van der Waals surface area contributed by atoms with Crippen LogP contribution in [0.3, 0.4) is 0 Å². The van der Waals surface area contributed by atoms with E-state index in [1.807, 2.05) is 24.3 Å². The number of carbonyl (C=O) groups excluding carboxylic acids is 2. The molecular weight excluding hydrogens is 365 g/mol. The number of aromatic nitrogens is 2. The van der Waals surface area contributed by atoms with Crippen molar-refractivity contribution in [1.82, 2.24) is 15.4 Å². The maximum absolute atomic E-state index is 11.4. The summed E-state index contributed by atoms with van der Waals surface area (Å²) in [5.74, 6) is 5.16. The van der Waals surface area contributed by atoms with E-state index in [1.54, 1.807) is 6.20 Å². The Hall–Kier alpha value is -2.22. The van der Waals surface area contributed by atoms with Gasteiger partial charge in [0.25, 0.3) is 0 Å². The second-order valence-electron chi connectivity index (χ2n) is 5.09. The van der Waals surface area contributed by atoms with Gasteiger partial charge in [-0.1, -0.05) is 24.3 Å². The minimum Gasteiger partial charge on any atom is -0.310 e. The highest BCUT2D eigenvalue weighted by molar-refractivity contribution is 5.87. The van der Waals surface area contributed by atoms with Gasteiger partial charge in [-0.3, -0.25) is 20.0 Å². The van der Waals surface area contributed by atoms with Gasteiger partial charge < -0.3 is 5.32 Å². The van der Waals surface area contributed by atoms with Crippen LogP contribution in [0.5, 0.6) is 0 Å². The van der Waals surface area contributed by atoms with Crippen LogP contribution >= 0.6 is 24.8 Å². The molecule has 0 aliphatic heterocycles. The van der Waals surface area contributed by atoms with Gasteiger partial charge in [0, 0.05) is 6.92 Å². The van der Waals surface area contributed by atoms with Crippen LogP contribution < -0.4 is 16.6 Å². The van der Waals surface area contributed by atoms with Crippen LogP contribution in [0.4, 0.5) is 5.82 Å². The third-order valence-corrected chi connectivity index (χ3v) is 3.29. The highest BCUT2D eigenvalue weighted by Crippen LogP contribution is 2.13. The lowest BCUT2D eigenvalue weighted by Crippen LogP contribution is -2.31. The monoisotopic (exact) mass is 385 g/mol. The zero-order chi connectivity index (χ0) is 16.7. The van der Waals surface area contributed by atoms with Gasteiger partial charge in [0.1, 0.15) is 0 Å². The van der Waals surface area contributed by atoms with Crippen molar-refractivity contribution in [2.24, 2.45) is 5.84 Å². The van der Waals surface area contributed by atoms with Gasteiger partial charge in [-0.05, 0) is 24.0 Å². The minimum absolute atomic E-state index is 0. The van der Waals surface area contributed by atoms with Crippen molar-refractivity contribution in [3.8, 4) is 0 Å². The average molecular weight is 386 g/mol. The van der Waals surface area contributed by atoms with Crippen molar-refractivity contribution >= 4 is 42.4 Å². The highest BCUT2D eigenvalue weighted by Gasteiger charge is 2.07. The molecule has 0 aliphatic carbocycles. The molecule has 1 heterocycles. The predicted octanol–water partition coefficient (Wildman–Crippen LogP) is 1.60. The molecule has 0 saturated carbocycles. The molecule has 0 atom stereocenters. The first-order chi connectivity index (χ1) is 11.1. The Kier molecular flexibility index (Phi) is 10.3. The standard InChI is InChI=1S/C16H19N5O2.2ClH/c1-11(22)20-15-10-18-14(9-19-15)7-6-12-4-2-3-5-13(12)8-16(23)21-17;;/h2-5,9-10H,6-8,17H2,1H3,(H,21,23)(H,19,20,22);2*1H. The Bertz CT molecular complexity index is 695. The third-order valence-electron chi connectivity index (χ3n) is 3.29. The van der Waals surface area contributed by atoms with Gasteiger partial charge in [0.2, 0.25) is 11.8 Å². The van der Waals surface area contributed by atoms with Crippen LogP contribution in [0.2, 0.25) is 0 Å². The van der Waals surface area contributed by atoms with Gasteiger partial charge in [0.15, 0.2) is 5.82 Å². The zero-order valence-corrected chi connectivity index (χ0v) is 15.3. The minimum atomic E-state index is -0.225. The Morgan fingerprint density at radius 1 is 1.04 bits per heavy atom. The zero-order valence-electron chi connectivity index (χ0n) is 13.7. The number of hydrogen-bond acceptors (Lipinski definition) is 5. The van der Waals surface area contributed by atoms with Gasteiger partial charge in [-0.15, -0.1) is 24.8 Å². The van der Waals surface area contributed by atoms with Crippen LogP contribution in [0.15, 0.2) is 36.7 Å². The molecule has 0 aliphatic rings. The van der Waals surface area contributed by atoms with E-state index in [-0.39, 0.29) is 43.0 Å². The Balaban J connectivity index is 0.00000288. The summed E-state index contributed by atoms with van der Waals surface area (Å²) in [4.78, 5) is 30.8. The quantitative estimate of drug-likeness (QED) is 0.397. The molecule has 1 aromatic heterocycles. The Labute approximate surface area is 158 Å². The number of carbonyl (C=O) groups is 2. The molecule has 0 saturated heterocycles. The lowest BCUT2D eigenvalue weighted by Gasteiger charge is -2.09. The van der Waals surface area contributed by atoms with Crippen molar-refractivity contribution in [2.45, 2.75) is 26.2 Å². The van der Waals surface area contributed by atoms with Crippen molar-refractivity contribution in [1.29, 1.82) is 0 Å². The van der Waals surface area contributed by atoms with E-state index >= 15 is 0 Å². The number of nitrogens with two attached hydrogens (primary N) is 1. The number of halogens is 2. The maximum atomic E-state index is 11.4. The van der Waals surface area contributed by atoms with E-state index in [0.29, 0.717) is 12.2 Å². The van der Waals surface area contributed by atoms with E-state index < -0.39 is 0 Å². The molecule has 2 aromatic rings. The van der Waals surface area contributed by atoms with Gasteiger partial charge >= 0.3 is 0 Å². The molecule has 1 aromatic carbocycles. The summed E-state index contributed by atoms with van der Waals surface area (Å²) in [5.41, 5.74) is 4.97. The molecule has 7 nitrogen and oxygen atoms in total. The Morgan fingerprint density at radius 2 is 1.72 bits per heavy atom. The molecule has 4 N–H and O–H groups in total. The molecule has 0 bridgehead atoms. The van der Waals surface area contributed by atoms with Crippen LogP contribution in [-0.4, -0.2) is 21.8 Å². The van der Waals surface area contributed by atoms with Crippen molar-refractivity contribution in [3.63, 3.8) is 0 Å². The summed E-state index contributed by atoms with van der Waals surface area (Å²) in [5, 5.41) is 2.57. The molecule has 0 radical (unpaired) electrons. The number of nitrogens with zero attached hydrogens (tertiary/aromatic N) is 2. The van der Waals surface area contributed by atoms with Crippen LogP contribution in [-0.2, 0) is 28.9 Å². The fourth-order valence-corrected chi connectivity index (χ4v) is 2.19. The van der Waals surface area contributed by atoms with Crippen LogP contribution in [0, 0.1) is 0 Å². The number of hydrogen-bond donors (Lipinski definition) is 3. The molecular formula is C16H21Cl2N5O2. The number of aryl methyl sites for hydroxylation is 2. The van der Waals surface area contributed by atoms with Gasteiger partial charge in [-0.2, -0.15) is 0 Å². The first kappa shape index (κ1) is 22.8. The lowest BCUT2D eigenvalue weighted by molar-refractivity contribution is -0.120. The van der Waals surface area contributed by atoms with Crippen LogP contribution in [0.25, 0.3) is 0 Å². The van der Waals surface area contributed by atoms with E-state index in [2.05, 4.69) is 20.7 Å². The summed E-state index contributed by atoms with van der Waals surface area (Å²) in [6.45, 7) is 1.42. The first-order valence-electron chi connectivity index (χ1n) is 7.23. The van der Waals surface area contributed by atoms with Crippen LogP contribution in [0.1, 0.15) is 23.7 Å². The number of amides is 2. The SMILES string of the molecule is CC(=O)Nc1cnc(CCc2ccccc2CC(=O)NN)cn1.Cl.Cl. The van der Waals surface area contributed by atoms with Crippen molar-refractivity contribution < 1.29 is 9.59 Å². The summed E-state index contributed by atoms with van der Waals surface area (Å²) >= 11 is 0. The molecule has 0 spiro atoms. The molecule has 0 fully saturated rings. The molecule has 2 rings (SSSR count). The number of benzene rings is 1. The smallest absolute Gasteiger partial charge is 0.238 e.